The third-order valence-electron chi connectivity index (χ3n) is 13.1. The maximum absolute atomic E-state index is 13.0. The van der Waals surface area contributed by atoms with E-state index in [9.17, 15) is 14.4 Å². The van der Waals surface area contributed by atoms with Gasteiger partial charge in [0.1, 0.15) is 17.7 Å². The number of carbonyl (C=O) groups excluding carboxylic acids is 3. The molecule has 12 nitrogen and oxygen atoms in total. The van der Waals surface area contributed by atoms with Gasteiger partial charge in [-0.1, -0.05) is 66.0 Å². The molecule has 15 heteroatoms. The number of H-pyrrole nitrogens is 1. The van der Waals surface area contributed by atoms with Crippen molar-refractivity contribution in [3.05, 3.63) is 106 Å². The van der Waals surface area contributed by atoms with Crippen LogP contribution < -0.4 is 25.2 Å². The summed E-state index contributed by atoms with van der Waals surface area (Å²) in [5.41, 5.74) is 7.40. The number of ether oxygens (including phenoxy) is 1. The van der Waals surface area contributed by atoms with Crippen LogP contribution in [0.3, 0.4) is 0 Å². The molecule has 0 aliphatic carbocycles. The fourth-order valence-corrected chi connectivity index (χ4v) is 12.3. The molecule has 8 rings (SSSR count). The summed E-state index contributed by atoms with van der Waals surface area (Å²) in [7, 11) is 3.59. The Balaban J connectivity index is 0.881. The Morgan fingerprint density at radius 1 is 1.09 bits per heavy atom. The molecular formula is C51H59ClN8O4S2. The van der Waals surface area contributed by atoms with Crippen LogP contribution in [0.25, 0.3) is 32.4 Å². The maximum Gasteiger partial charge on any atom is 0.242 e. The number of allylic oxidation sites excluding steroid dienone is 1. The minimum atomic E-state index is -0.398. The summed E-state index contributed by atoms with van der Waals surface area (Å²) in [6.45, 7) is 13.0. The summed E-state index contributed by atoms with van der Waals surface area (Å²) < 4.78 is 8.11. The molecule has 0 saturated carbocycles. The first-order valence-corrected chi connectivity index (χ1v) is 24.9. The molecule has 2 unspecified atom stereocenters. The van der Waals surface area contributed by atoms with E-state index in [-0.39, 0.29) is 18.1 Å². The number of pyridine rings is 1. The van der Waals surface area contributed by atoms with Gasteiger partial charge in [0.15, 0.2) is 24.0 Å². The van der Waals surface area contributed by atoms with Gasteiger partial charge in [-0.3, -0.25) is 14.4 Å². The number of carbonyl (C=O) groups is 3. The third kappa shape index (κ3) is 9.97. The third-order valence-corrected chi connectivity index (χ3v) is 16.1. The summed E-state index contributed by atoms with van der Waals surface area (Å²) in [6, 6.07) is 22.7. The number of nitrogens with zero attached hydrogens (tertiary/aromatic N) is 5. The number of halogens is 1. The van der Waals surface area contributed by atoms with Gasteiger partial charge in [-0.05, 0) is 112 Å². The molecule has 3 aromatic heterocycles. The number of benzene rings is 3. The number of aldehydes is 2. The monoisotopic (exact) mass is 946 g/mol. The van der Waals surface area contributed by atoms with Gasteiger partial charge in [0.05, 0.1) is 21.8 Å². The molecule has 2 aliphatic heterocycles. The smallest absolute Gasteiger partial charge is 0.242 e. The average molecular weight is 948 g/mol. The lowest BCUT2D eigenvalue weighted by Gasteiger charge is -2.45. The van der Waals surface area contributed by atoms with Crippen LogP contribution in [0.5, 0.6) is 5.75 Å². The van der Waals surface area contributed by atoms with Gasteiger partial charge in [0.25, 0.3) is 0 Å². The SMILES string of the molecule is C=CCCC(C(=O)NC)N(C)c1ccc(C2CCN(c3nc4nc(CSN5CCC(Nc6cccc(-c7sc(C)c(OCC=O)c7Cl)c6)CC5(C)C)ccc4[nH]3)CC2)c2cccc(C=O)c12. The number of thiophene rings is 1. The number of imidazole rings is 1. The van der Waals surface area contributed by atoms with Crippen molar-refractivity contribution in [3.8, 4) is 16.2 Å². The van der Waals surface area contributed by atoms with Crippen molar-refractivity contribution in [2.45, 2.75) is 88.6 Å². The molecule has 2 fully saturated rings. The number of aryl methyl sites for hydroxylation is 1. The van der Waals surface area contributed by atoms with E-state index in [1.54, 1.807) is 18.4 Å². The van der Waals surface area contributed by atoms with Crippen LogP contribution in [0.4, 0.5) is 17.3 Å². The number of anilines is 3. The lowest BCUT2D eigenvalue weighted by atomic mass is 9.85. The summed E-state index contributed by atoms with van der Waals surface area (Å²) in [4.78, 5) is 56.1. The molecule has 3 aromatic carbocycles. The molecule has 3 N–H and O–H groups in total. The summed E-state index contributed by atoms with van der Waals surface area (Å²) in [5, 5.41) is 9.11. The molecule has 2 atom stereocenters. The number of aromatic nitrogens is 3. The number of nitrogens with one attached hydrogen (secondary N) is 3. The molecule has 6 aromatic rings. The summed E-state index contributed by atoms with van der Waals surface area (Å²) >= 11 is 10.1. The van der Waals surface area contributed by atoms with Crippen LogP contribution in [-0.2, 0) is 15.3 Å². The zero-order valence-electron chi connectivity index (χ0n) is 38.4. The molecule has 5 heterocycles. The van der Waals surface area contributed by atoms with Crippen molar-refractivity contribution >= 4 is 92.6 Å². The van der Waals surface area contributed by atoms with Gasteiger partial charge in [-0.25, -0.2) is 9.29 Å². The van der Waals surface area contributed by atoms with E-state index < -0.39 is 6.04 Å². The van der Waals surface area contributed by atoms with Crippen LogP contribution in [0.2, 0.25) is 5.02 Å². The lowest BCUT2D eigenvalue weighted by Crippen LogP contribution is -2.49. The Labute approximate surface area is 400 Å². The Morgan fingerprint density at radius 3 is 2.64 bits per heavy atom. The second kappa shape index (κ2) is 20.6. The number of hydrogen-bond donors (Lipinski definition) is 3. The molecule has 1 amide bonds. The van der Waals surface area contributed by atoms with Crippen LogP contribution >= 0.6 is 34.9 Å². The van der Waals surface area contributed by atoms with Crippen molar-refractivity contribution in [2.75, 3.05) is 55.5 Å². The molecule has 0 radical (unpaired) electrons. The van der Waals surface area contributed by atoms with Gasteiger partial charge in [-0.2, -0.15) is 4.98 Å². The standard InChI is InChI=1S/C51H59ClN8O4S2/c1-7-8-15-43(49(63)53-5)58(6)42-19-17-39(40-14-10-12-35(30-62)44(40)42)33-20-23-59(24-21-33)50-56-41-18-16-38(55-48(41)57-50)31-65-60-25-22-37(29-51(60,3)4)54-36-13-9-11-34(28-36)47-45(52)46(32(2)66-47)64-27-26-61/h7,9-14,16-19,26,28,30,33,37,43,54H,1,8,15,20-25,27,29,31H2,2-6H3,(H,53,63)(H,55,56,57). The van der Waals surface area contributed by atoms with Crippen LogP contribution in [0, 0.1) is 6.92 Å². The number of fused-ring (bicyclic) bond motifs is 2. The van der Waals surface area contributed by atoms with Crippen molar-refractivity contribution < 1.29 is 19.1 Å². The molecule has 0 spiro atoms. The molecular weight excluding hydrogens is 888 g/mol. The second-order valence-corrected chi connectivity index (χ2v) is 20.5. The molecule has 2 aliphatic rings. The minimum absolute atomic E-state index is 0.0200. The first-order chi connectivity index (χ1) is 31.9. The number of aromatic amines is 1. The van der Waals surface area contributed by atoms with Crippen molar-refractivity contribution in [3.63, 3.8) is 0 Å². The number of hydrogen-bond acceptors (Lipinski definition) is 12. The molecule has 346 valence electrons. The van der Waals surface area contributed by atoms with Gasteiger partial charge >= 0.3 is 0 Å². The Bertz CT molecular complexity index is 2730. The molecule has 0 bridgehead atoms. The average Bonchev–Trinajstić information content (AvgIpc) is 3.88. The van der Waals surface area contributed by atoms with E-state index in [4.69, 9.17) is 26.3 Å². The highest BCUT2D eigenvalue weighted by Gasteiger charge is 2.36. The maximum atomic E-state index is 13.0. The number of amides is 1. The zero-order valence-corrected chi connectivity index (χ0v) is 40.8. The summed E-state index contributed by atoms with van der Waals surface area (Å²) in [5.74, 6) is 2.41. The van der Waals surface area contributed by atoms with Crippen LogP contribution in [0.1, 0.15) is 84.8 Å². The van der Waals surface area contributed by atoms with Gasteiger partial charge in [0.2, 0.25) is 11.9 Å². The van der Waals surface area contributed by atoms with Crippen molar-refractivity contribution in [1.29, 1.82) is 0 Å². The lowest BCUT2D eigenvalue weighted by molar-refractivity contribution is -0.122. The van der Waals surface area contributed by atoms with E-state index in [2.05, 4.69) is 93.8 Å². The van der Waals surface area contributed by atoms with E-state index in [1.807, 2.05) is 55.1 Å². The fraction of sp³-hybridized carbons (Fsp3) is 0.392. The van der Waals surface area contributed by atoms with E-state index in [1.165, 1.54) is 5.56 Å². The molecule has 66 heavy (non-hydrogen) atoms. The van der Waals surface area contributed by atoms with Gasteiger partial charge < -0.3 is 30.2 Å². The molecule has 2 saturated heterocycles. The number of rotatable bonds is 18. The summed E-state index contributed by atoms with van der Waals surface area (Å²) in [6.07, 6.45) is 8.66. The zero-order chi connectivity index (χ0) is 46.5. The normalized spacial score (nSPS) is 17.1. The number of piperidine rings is 2. The minimum Gasteiger partial charge on any atom is -0.483 e. The Morgan fingerprint density at radius 2 is 1.89 bits per heavy atom. The highest BCUT2D eigenvalue weighted by Crippen LogP contribution is 2.46. The van der Waals surface area contributed by atoms with E-state index >= 15 is 0 Å². The topological polar surface area (TPSA) is 136 Å². The van der Waals surface area contributed by atoms with Gasteiger partial charge in [0, 0.05) is 72.5 Å². The van der Waals surface area contributed by atoms with E-state index in [0.717, 1.165) is 124 Å². The van der Waals surface area contributed by atoms with E-state index in [0.29, 0.717) is 41.1 Å². The fourth-order valence-electron chi connectivity index (χ4n) is 9.69. The quantitative estimate of drug-likeness (QED) is 0.0432. The first kappa shape index (κ1) is 47.1. The predicted octanol–water partition coefficient (Wildman–Crippen LogP) is 10.6. The highest BCUT2D eigenvalue weighted by molar-refractivity contribution is 7.96. The second-order valence-electron chi connectivity index (χ2n) is 17.9. The highest BCUT2D eigenvalue weighted by atomic mass is 35.5. The number of likely N-dealkylation sites (N-methyl/N-ethyl adjacent to an activating group) is 2. The van der Waals surface area contributed by atoms with Crippen molar-refractivity contribution in [1.82, 2.24) is 24.6 Å². The first-order valence-electron chi connectivity index (χ1n) is 22.7. The van der Waals surface area contributed by atoms with Crippen LogP contribution in [-0.4, -0.2) is 95.7 Å². The Kier molecular flexibility index (Phi) is 14.7. The largest absolute Gasteiger partial charge is 0.483 e. The Hall–Kier alpha value is -5.41. The van der Waals surface area contributed by atoms with Crippen molar-refractivity contribution in [2.24, 2.45) is 0 Å². The predicted molar refractivity (Wildman–Crippen MR) is 273 cm³/mol. The van der Waals surface area contributed by atoms with Crippen LogP contribution in [0.15, 0.2) is 79.4 Å². The van der Waals surface area contributed by atoms with Gasteiger partial charge in [-0.15, -0.1) is 17.9 Å².